The van der Waals surface area contributed by atoms with Gasteiger partial charge in [-0.2, -0.15) is 13.2 Å². The number of anilines is 1. The maximum atomic E-state index is 13.4. The van der Waals surface area contributed by atoms with Gasteiger partial charge in [0.25, 0.3) is 5.91 Å². The van der Waals surface area contributed by atoms with Crippen molar-refractivity contribution in [1.29, 1.82) is 0 Å². The second-order valence-electron chi connectivity index (χ2n) is 10.4. The summed E-state index contributed by atoms with van der Waals surface area (Å²) < 4.78 is 52.7. The van der Waals surface area contributed by atoms with Crippen LogP contribution in [0.5, 0.6) is 5.75 Å². The van der Waals surface area contributed by atoms with Crippen molar-refractivity contribution in [2.75, 3.05) is 18.6 Å². The predicted octanol–water partition coefficient (Wildman–Crippen LogP) is 6.24. The molecule has 5 rings (SSSR count). The van der Waals surface area contributed by atoms with Gasteiger partial charge in [-0.1, -0.05) is 30.8 Å². The number of allylic oxidation sites excluding steroid dienone is 2. The van der Waals surface area contributed by atoms with Crippen LogP contribution in [0.25, 0.3) is 17.0 Å². The number of alkyl halides is 3. The number of amides is 1. The van der Waals surface area contributed by atoms with E-state index in [2.05, 4.69) is 21.5 Å². The molecule has 2 aromatic heterocycles. The molecule has 1 aliphatic heterocycles. The molecule has 1 aliphatic carbocycles. The molecule has 0 radical (unpaired) electrons. The van der Waals surface area contributed by atoms with Crippen molar-refractivity contribution in [2.24, 2.45) is 10.9 Å². The number of imidazole rings is 1. The van der Waals surface area contributed by atoms with E-state index in [4.69, 9.17) is 14.5 Å². The van der Waals surface area contributed by atoms with Crippen LogP contribution < -0.4 is 9.64 Å². The maximum Gasteiger partial charge on any atom is 0.434 e. The fourth-order valence-electron chi connectivity index (χ4n) is 4.74. The molecule has 0 bridgehead atoms. The van der Waals surface area contributed by atoms with Gasteiger partial charge in [0.2, 0.25) is 0 Å². The fourth-order valence-corrected chi connectivity index (χ4v) is 4.74. The lowest BCUT2D eigenvalue weighted by Crippen LogP contribution is -2.39. The molecule has 0 atom stereocenters. The first kappa shape index (κ1) is 29.0. The second-order valence-corrected chi connectivity index (χ2v) is 10.4. The van der Waals surface area contributed by atoms with E-state index in [1.165, 1.54) is 21.9 Å². The summed E-state index contributed by atoms with van der Waals surface area (Å²) in [5, 5.41) is 0. The largest absolute Gasteiger partial charge is 0.501 e. The number of carbonyl (C=O) groups excluding carboxylic acids is 1. The number of ether oxygens (including phenoxy) is 2. The third-order valence-corrected chi connectivity index (χ3v) is 7.11. The minimum atomic E-state index is -4.55. The molecule has 12 heteroatoms. The Bertz CT molecular complexity index is 1570. The number of halogens is 3. The zero-order chi connectivity index (χ0) is 30.2. The van der Waals surface area contributed by atoms with Crippen LogP contribution in [0.3, 0.4) is 0 Å². The molecule has 0 spiro atoms. The van der Waals surface area contributed by atoms with Crippen molar-refractivity contribution in [1.82, 2.24) is 19.5 Å². The quantitative estimate of drug-likeness (QED) is 0.220. The van der Waals surface area contributed by atoms with E-state index >= 15 is 0 Å². The van der Waals surface area contributed by atoms with Crippen LogP contribution in [0.4, 0.5) is 19.0 Å². The number of aromatic nitrogens is 4. The van der Waals surface area contributed by atoms with E-state index in [-0.39, 0.29) is 36.8 Å². The van der Waals surface area contributed by atoms with Gasteiger partial charge >= 0.3 is 6.18 Å². The zero-order valence-corrected chi connectivity index (χ0v) is 23.8. The number of rotatable bonds is 9. The van der Waals surface area contributed by atoms with Gasteiger partial charge in [0, 0.05) is 29.9 Å². The first-order valence-electron chi connectivity index (χ1n) is 13.5. The summed E-state index contributed by atoms with van der Waals surface area (Å²) in [4.78, 5) is 32.2. The molecular weight excluding hydrogens is 549 g/mol. The third kappa shape index (κ3) is 5.79. The highest BCUT2D eigenvalue weighted by molar-refractivity contribution is 6.25. The summed E-state index contributed by atoms with van der Waals surface area (Å²) in [5.74, 6) is 1.76. The number of methoxy groups -OCH3 is 1. The number of carbonyl (C=O) groups is 1. The molecule has 0 N–H and O–H groups in total. The lowest BCUT2D eigenvalue weighted by Gasteiger charge is -2.28. The SMILES string of the molecule is C=CN=C(/C(=C(\C)OC)c1ncc2c(n1)N(Cc1ccc(-c3nc(C(F)(F)F)cn3C(C)C)cc1)C(=O)CO2)C1CC1. The van der Waals surface area contributed by atoms with Gasteiger partial charge < -0.3 is 14.0 Å². The number of fused-ring (bicyclic) bond motifs is 1. The van der Waals surface area contributed by atoms with Crippen LogP contribution in [0.1, 0.15) is 56.7 Å². The van der Waals surface area contributed by atoms with E-state index in [0.717, 1.165) is 30.3 Å². The number of benzene rings is 1. The zero-order valence-electron chi connectivity index (χ0n) is 23.8. The Morgan fingerprint density at radius 2 is 1.95 bits per heavy atom. The third-order valence-electron chi connectivity index (χ3n) is 7.11. The standard InChI is InChI=1S/C30H31F3N6O3/c1-6-34-26(20-11-12-20)25(18(4)41-5)27-35-13-22-29(37-27)39(24(40)16-42-22)14-19-7-9-21(10-8-19)28-36-23(30(31,32)33)15-38(28)17(2)3/h6-10,13,15,17,20H,1,11-12,14,16H2,2-5H3/b25-18-,34-26?. The summed E-state index contributed by atoms with van der Waals surface area (Å²) in [6.07, 6.45) is 1.46. The van der Waals surface area contributed by atoms with Crippen molar-refractivity contribution in [3.8, 4) is 17.1 Å². The van der Waals surface area contributed by atoms with Gasteiger partial charge in [-0.15, -0.1) is 0 Å². The van der Waals surface area contributed by atoms with Crippen molar-refractivity contribution < 1.29 is 27.4 Å². The molecule has 1 fully saturated rings. The molecule has 2 aliphatic rings. The highest BCUT2D eigenvalue weighted by atomic mass is 19.4. The Kier molecular flexibility index (Phi) is 7.89. The smallest absolute Gasteiger partial charge is 0.434 e. The highest BCUT2D eigenvalue weighted by Crippen LogP contribution is 2.39. The lowest BCUT2D eigenvalue weighted by atomic mass is 10.0. The monoisotopic (exact) mass is 580 g/mol. The van der Waals surface area contributed by atoms with Crippen LogP contribution in [0.15, 0.2) is 60.2 Å². The molecule has 1 aromatic carbocycles. The lowest BCUT2D eigenvalue weighted by molar-refractivity contribution is -0.140. The Labute approximate surface area is 241 Å². The van der Waals surface area contributed by atoms with E-state index in [0.29, 0.717) is 34.3 Å². The average Bonchev–Trinajstić information content (AvgIpc) is 3.70. The second kappa shape index (κ2) is 11.4. The van der Waals surface area contributed by atoms with Crippen LogP contribution in [-0.2, 0) is 22.3 Å². The molecule has 220 valence electrons. The van der Waals surface area contributed by atoms with E-state index < -0.39 is 11.9 Å². The van der Waals surface area contributed by atoms with Gasteiger partial charge in [0.1, 0.15) is 11.6 Å². The fraction of sp³-hybridized carbons (Fsp3) is 0.367. The molecule has 1 amide bonds. The topological polar surface area (TPSA) is 94.7 Å². The predicted molar refractivity (Wildman–Crippen MR) is 152 cm³/mol. The van der Waals surface area contributed by atoms with Gasteiger partial charge in [0.05, 0.1) is 31.1 Å². The summed E-state index contributed by atoms with van der Waals surface area (Å²) >= 11 is 0. The van der Waals surface area contributed by atoms with Crippen molar-refractivity contribution >= 4 is 23.0 Å². The molecule has 1 saturated carbocycles. The van der Waals surface area contributed by atoms with Crippen LogP contribution in [0, 0.1) is 5.92 Å². The molecule has 0 unspecified atom stereocenters. The Hall–Kier alpha value is -4.48. The van der Waals surface area contributed by atoms with E-state index in [1.807, 2.05) is 6.92 Å². The Morgan fingerprint density at radius 3 is 2.55 bits per heavy atom. The summed E-state index contributed by atoms with van der Waals surface area (Å²) in [6, 6.07) is 6.69. The van der Waals surface area contributed by atoms with Crippen LogP contribution >= 0.6 is 0 Å². The van der Waals surface area contributed by atoms with Crippen LogP contribution in [-0.4, -0.2) is 44.9 Å². The highest BCUT2D eigenvalue weighted by Gasteiger charge is 2.36. The first-order chi connectivity index (χ1) is 20.0. The number of hydrogen-bond acceptors (Lipinski definition) is 7. The molecule has 0 saturated heterocycles. The van der Waals surface area contributed by atoms with Crippen molar-refractivity contribution in [3.63, 3.8) is 0 Å². The minimum absolute atomic E-state index is 0.164. The van der Waals surface area contributed by atoms with E-state index in [9.17, 15) is 18.0 Å². The number of hydrogen-bond donors (Lipinski definition) is 0. The normalized spacial score (nSPS) is 16.2. The number of aliphatic imine (C=N–C) groups is 1. The van der Waals surface area contributed by atoms with Gasteiger partial charge in [-0.25, -0.2) is 15.0 Å². The van der Waals surface area contributed by atoms with Gasteiger partial charge in [-0.3, -0.25) is 14.7 Å². The van der Waals surface area contributed by atoms with Crippen molar-refractivity contribution in [2.45, 2.75) is 52.4 Å². The minimum Gasteiger partial charge on any atom is -0.501 e. The van der Waals surface area contributed by atoms with Gasteiger partial charge in [0.15, 0.2) is 29.7 Å². The molecule has 3 aromatic rings. The average molecular weight is 581 g/mol. The summed E-state index contributed by atoms with van der Waals surface area (Å²) in [7, 11) is 1.56. The van der Waals surface area contributed by atoms with Crippen LogP contribution in [0.2, 0.25) is 0 Å². The Morgan fingerprint density at radius 1 is 1.24 bits per heavy atom. The summed E-state index contributed by atoms with van der Waals surface area (Å²) in [6.45, 7) is 9.13. The van der Waals surface area contributed by atoms with Crippen molar-refractivity contribution in [3.05, 3.63) is 72.3 Å². The van der Waals surface area contributed by atoms with E-state index in [1.54, 1.807) is 45.2 Å². The van der Waals surface area contributed by atoms with Gasteiger partial charge in [-0.05, 0) is 39.2 Å². The Balaban J connectivity index is 1.47. The summed E-state index contributed by atoms with van der Waals surface area (Å²) in [5.41, 5.74) is 1.75. The molecular formula is C30H31F3N6O3. The molecule has 42 heavy (non-hydrogen) atoms. The molecule has 3 heterocycles. The first-order valence-corrected chi connectivity index (χ1v) is 13.5. The number of nitrogens with zero attached hydrogens (tertiary/aromatic N) is 6. The maximum absolute atomic E-state index is 13.4. The molecule has 9 nitrogen and oxygen atoms in total.